The summed E-state index contributed by atoms with van der Waals surface area (Å²) in [5.41, 5.74) is 0.392. The van der Waals surface area contributed by atoms with Crippen LogP contribution in [0.2, 0.25) is 5.02 Å². The van der Waals surface area contributed by atoms with Gasteiger partial charge in [-0.1, -0.05) is 23.7 Å². The molecule has 0 amide bonds. The molecule has 0 aliphatic carbocycles. The van der Waals surface area contributed by atoms with Gasteiger partial charge in [-0.2, -0.15) is 8.78 Å². The maximum absolute atomic E-state index is 13.5. The van der Waals surface area contributed by atoms with E-state index in [1.165, 1.54) is 31.2 Å². The lowest BCUT2D eigenvalue weighted by molar-refractivity contribution is -0.136. The smallest absolute Gasteiger partial charge is 0.318 e. The van der Waals surface area contributed by atoms with Crippen molar-refractivity contribution < 1.29 is 31.5 Å². The summed E-state index contributed by atoms with van der Waals surface area (Å²) in [4.78, 5) is 11.9. The fourth-order valence-corrected chi connectivity index (χ4v) is 1.88. The Morgan fingerprint density at radius 3 is 1.83 bits per heavy atom. The molecule has 1 unspecified atom stereocenters. The Bertz CT molecular complexity index is 732. The van der Waals surface area contributed by atoms with Gasteiger partial charge in [0.15, 0.2) is 0 Å². The van der Waals surface area contributed by atoms with E-state index < -0.39 is 46.7 Å². The molecule has 0 aliphatic rings. The van der Waals surface area contributed by atoms with E-state index in [1.807, 2.05) is 0 Å². The molecule has 122 valence electrons. The first-order valence-electron chi connectivity index (χ1n) is 6.22. The molecular weight excluding hydrogens is 343 g/mol. The average Bonchev–Trinajstić information content (AvgIpc) is 2.55. The van der Waals surface area contributed by atoms with Crippen LogP contribution in [-0.2, 0) is 4.79 Å². The topological polar surface area (TPSA) is 26.3 Å². The highest BCUT2D eigenvalue weighted by molar-refractivity contribution is 6.30. The molecule has 2 nitrogen and oxygen atoms in total. The van der Waals surface area contributed by atoms with Crippen molar-refractivity contribution in [2.24, 2.45) is 0 Å². The van der Waals surface area contributed by atoms with E-state index >= 15 is 0 Å². The molecule has 23 heavy (non-hydrogen) atoms. The van der Waals surface area contributed by atoms with E-state index in [-0.39, 0.29) is 0 Å². The van der Waals surface area contributed by atoms with Crippen molar-refractivity contribution >= 4 is 17.6 Å². The van der Waals surface area contributed by atoms with Crippen LogP contribution in [0, 0.1) is 29.1 Å². The van der Waals surface area contributed by atoms with Gasteiger partial charge in [-0.15, -0.1) is 0 Å². The average molecular weight is 351 g/mol. The van der Waals surface area contributed by atoms with E-state index in [4.69, 9.17) is 11.6 Å². The van der Waals surface area contributed by atoms with Gasteiger partial charge in [-0.05, 0) is 24.6 Å². The van der Waals surface area contributed by atoms with Gasteiger partial charge in [0, 0.05) is 5.02 Å². The van der Waals surface area contributed by atoms with Crippen molar-refractivity contribution in [1.82, 2.24) is 0 Å². The maximum atomic E-state index is 13.5. The third kappa shape index (κ3) is 3.29. The quantitative estimate of drug-likeness (QED) is 0.263. The Kier molecular flexibility index (Phi) is 4.89. The molecule has 0 bridgehead atoms. The van der Waals surface area contributed by atoms with Crippen LogP contribution in [0.15, 0.2) is 24.3 Å². The van der Waals surface area contributed by atoms with Crippen molar-refractivity contribution in [3.8, 4) is 5.75 Å². The standard InChI is InChI=1S/C15H8ClF5O2/c1-6(7-2-4-8(16)5-3-7)15(22)23-14-12(20)10(18)9(17)11(19)13(14)21/h2-6H,1H3. The molecule has 0 aromatic heterocycles. The predicted molar refractivity (Wildman–Crippen MR) is 71.7 cm³/mol. The largest absolute Gasteiger partial charge is 0.420 e. The minimum Gasteiger partial charge on any atom is -0.420 e. The first-order chi connectivity index (χ1) is 10.7. The third-order valence-electron chi connectivity index (χ3n) is 3.10. The van der Waals surface area contributed by atoms with Crippen LogP contribution in [0.5, 0.6) is 5.75 Å². The number of esters is 1. The van der Waals surface area contributed by atoms with Crippen LogP contribution in [0.3, 0.4) is 0 Å². The summed E-state index contributed by atoms with van der Waals surface area (Å²) in [5, 5.41) is 0.397. The minimum absolute atomic E-state index is 0.392. The summed E-state index contributed by atoms with van der Waals surface area (Å²) in [6.07, 6.45) is 0. The van der Waals surface area contributed by atoms with Gasteiger partial charge in [0.1, 0.15) is 0 Å². The van der Waals surface area contributed by atoms with Gasteiger partial charge in [0.2, 0.25) is 34.8 Å². The molecule has 0 heterocycles. The molecule has 2 aromatic rings. The molecule has 0 N–H and O–H groups in total. The Morgan fingerprint density at radius 2 is 1.35 bits per heavy atom. The van der Waals surface area contributed by atoms with Gasteiger partial charge in [-0.3, -0.25) is 4.79 Å². The number of rotatable bonds is 3. The first kappa shape index (κ1) is 17.2. The van der Waals surface area contributed by atoms with Crippen molar-refractivity contribution in [3.63, 3.8) is 0 Å². The highest BCUT2D eigenvalue weighted by atomic mass is 35.5. The van der Waals surface area contributed by atoms with Crippen LogP contribution >= 0.6 is 11.6 Å². The van der Waals surface area contributed by atoms with Crippen LogP contribution in [0.4, 0.5) is 22.0 Å². The van der Waals surface area contributed by atoms with Gasteiger partial charge in [-0.25, -0.2) is 13.2 Å². The van der Waals surface area contributed by atoms with Crippen LogP contribution in [0.1, 0.15) is 18.4 Å². The molecule has 0 fully saturated rings. The van der Waals surface area contributed by atoms with Crippen molar-refractivity contribution in [2.45, 2.75) is 12.8 Å². The highest BCUT2D eigenvalue weighted by Gasteiger charge is 2.30. The zero-order valence-electron chi connectivity index (χ0n) is 11.5. The van der Waals surface area contributed by atoms with Gasteiger partial charge in [0.05, 0.1) is 5.92 Å². The number of benzene rings is 2. The lowest BCUT2D eigenvalue weighted by Gasteiger charge is -2.13. The number of hydrogen-bond acceptors (Lipinski definition) is 2. The van der Waals surface area contributed by atoms with E-state index in [2.05, 4.69) is 4.74 Å². The van der Waals surface area contributed by atoms with E-state index in [0.29, 0.717) is 10.6 Å². The SMILES string of the molecule is CC(C(=O)Oc1c(F)c(F)c(F)c(F)c1F)c1ccc(Cl)cc1. The Morgan fingerprint density at radius 1 is 0.913 bits per heavy atom. The zero-order valence-corrected chi connectivity index (χ0v) is 12.2. The van der Waals surface area contributed by atoms with Crippen LogP contribution in [-0.4, -0.2) is 5.97 Å². The number of hydrogen-bond donors (Lipinski definition) is 0. The molecular formula is C15H8ClF5O2. The summed E-state index contributed by atoms with van der Waals surface area (Å²) in [6, 6.07) is 5.87. The molecule has 0 spiro atoms. The Labute approximate surface area is 132 Å². The molecule has 0 saturated carbocycles. The van der Waals surface area contributed by atoms with E-state index in [1.54, 1.807) is 0 Å². The molecule has 2 aromatic carbocycles. The second-order valence-corrected chi connectivity index (χ2v) is 5.03. The molecule has 1 atom stereocenters. The van der Waals surface area contributed by atoms with Gasteiger partial charge in [0.25, 0.3) is 0 Å². The molecule has 2 rings (SSSR count). The van der Waals surface area contributed by atoms with Crippen molar-refractivity contribution in [2.75, 3.05) is 0 Å². The molecule has 8 heteroatoms. The van der Waals surface area contributed by atoms with Gasteiger partial charge >= 0.3 is 5.97 Å². The van der Waals surface area contributed by atoms with Crippen LogP contribution in [0.25, 0.3) is 0 Å². The number of ether oxygens (including phenoxy) is 1. The number of carbonyl (C=O) groups is 1. The minimum atomic E-state index is -2.33. The highest BCUT2D eigenvalue weighted by Crippen LogP contribution is 2.30. The van der Waals surface area contributed by atoms with Crippen molar-refractivity contribution in [3.05, 3.63) is 63.9 Å². The summed E-state index contributed by atoms with van der Waals surface area (Å²) >= 11 is 5.68. The zero-order chi connectivity index (χ0) is 17.3. The van der Waals surface area contributed by atoms with Gasteiger partial charge < -0.3 is 4.74 Å². The lowest BCUT2D eigenvalue weighted by Crippen LogP contribution is -2.19. The number of carbonyl (C=O) groups excluding carboxylic acids is 1. The summed E-state index contributed by atoms with van der Waals surface area (Å²) < 4.78 is 70.3. The van der Waals surface area contributed by atoms with E-state index in [9.17, 15) is 26.7 Å². The fourth-order valence-electron chi connectivity index (χ4n) is 1.75. The molecule has 0 saturated heterocycles. The molecule has 0 radical (unpaired) electrons. The summed E-state index contributed by atoms with van der Waals surface area (Å²) in [7, 11) is 0. The first-order valence-corrected chi connectivity index (χ1v) is 6.60. The summed E-state index contributed by atoms with van der Waals surface area (Å²) in [5.74, 6) is -15.0. The summed E-state index contributed by atoms with van der Waals surface area (Å²) in [6.45, 7) is 1.34. The molecule has 0 aliphatic heterocycles. The maximum Gasteiger partial charge on any atom is 0.318 e. The second kappa shape index (κ2) is 6.54. The fraction of sp³-hybridized carbons (Fsp3) is 0.133. The second-order valence-electron chi connectivity index (χ2n) is 4.59. The Hall–Kier alpha value is -2.15. The van der Waals surface area contributed by atoms with E-state index in [0.717, 1.165) is 0 Å². The Balaban J connectivity index is 2.32. The monoisotopic (exact) mass is 350 g/mol. The van der Waals surface area contributed by atoms with Crippen LogP contribution < -0.4 is 4.74 Å². The van der Waals surface area contributed by atoms with Crippen molar-refractivity contribution in [1.29, 1.82) is 0 Å². The normalized spacial score (nSPS) is 12.1. The lowest BCUT2D eigenvalue weighted by atomic mass is 10.0. The predicted octanol–water partition coefficient (Wildman–Crippen LogP) is 4.74. The number of halogens is 6. The third-order valence-corrected chi connectivity index (χ3v) is 3.35.